The first-order chi connectivity index (χ1) is 12.1. The van der Waals surface area contributed by atoms with Crippen molar-refractivity contribution >= 4 is 5.78 Å². The first kappa shape index (κ1) is 18.5. The Morgan fingerprint density at radius 1 is 1.32 bits per heavy atom. The molecule has 0 radical (unpaired) electrons. The molecule has 6 heteroatoms. The van der Waals surface area contributed by atoms with Crippen LogP contribution in [-0.2, 0) is 9.47 Å². The van der Waals surface area contributed by atoms with Crippen LogP contribution >= 0.6 is 0 Å². The van der Waals surface area contributed by atoms with Gasteiger partial charge in [-0.15, -0.1) is 0 Å². The highest BCUT2D eigenvalue weighted by atomic mass is 16.5. The van der Waals surface area contributed by atoms with Crippen LogP contribution in [0.4, 0.5) is 0 Å². The van der Waals surface area contributed by atoms with Gasteiger partial charge in [0.2, 0.25) is 5.78 Å². The molecule has 2 aliphatic heterocycles. The second-order valence-corrected chi connectivity index (χ2v) is 7.13. The summed E-state index contributed by atoms with van der Waals surface area (Å²) in [6, 6.07) is 5.52. The molecule has 6 nitrogen and oxygen atoms in total. The molecule has 138 valence electrons. The normalized spacial score (nSPS) is 25.6. The van der Waals surface area contributed by atoms with E-state index in [1.54, 1.807) is 6.20 Å². The van der Waals surface area contributed by atoms with Crippen LogP contribution in [0.5, 0.6) is 0 Å². The van der Waals surface area contributed by atoms with Crippen LogP contribution in [0.15, 0.2) is 24.4 Å². The van der Waals surface area contributed by atoms with Gasteiger partial charge in [0, 0.05) is 45.5 Å². The molecular weight excluding hydrogens is 318 g/mol. The van der Waals surface area contributed by atoms with Crippen LogP contribution in [0.25, 0.3) is 0 Å². The zero-order valence-electron chi connectivity index (χ0n) is 15.3. The predicted molar refractivity (Wildman–Crippen MR) is 95.8 cm³/mol. The highest BCUT2D eigenvalue weighted by Crippen LogP contribution is 2.30. The fourth-order valence-electron chi connectivity index (χ4n) is 3.68. The molecule has 3 rings (SSSR count). The SMILES string of the molecule is CC(C)OCCN1CCN(C2(C(=O)c3ccccn3)CCOC2)CC1. The van der Waals surface area contributed by atoms with Crippen LogP contribution in [-0.4, -0.2) is 84.8 Å². The number of ether oxygens (including phenoxy) is 2. The minimum absolute atomic E-state index is 0.0993. The van der Waals surface area contributed by atoms with Gasteiger partial charge in [-0.25, -0.2) is 0 Å². The number of pyridine rings is 1. The lowest BCUT2D eigenvalue weighted by Crippen LogP contribution is -2.61. The molecule has 0 amide bonds. The molecule has 1 unspecified atom stereocenters. The number of piperazine rings is 1. The van der Waals surface area contributed by atoms with Crippen molar-refractivity contribution in [1.29, 1.82) is 0 Å². The Labute approximate surface area is 150 Å². The van der Waals surface area contributed by atoms with Gasteiger partial charge in [-0.1, -0.05) is 6.07 Å². The van der Waals surface area contributed by atoms with Crippen LogP contribution in [0.2, 0.25) is 0 Å². The van der Waals surface area contributed by atoms with Crippen LogP contribution in [0.1, 0.15) is 30.8 Å². The lowest BCUT2D eigenvalue weighted by atomic mass is 9.88. The summed E-state index contributed by atoms with van der Waals surface area (Å²) in [5.41, 5.74) is -0.00438. The summed E-state index contributed by atoms with van der Waals surface area (Å²) in [5.74, 6) is 0.0993. The highest BCUT2D eigenvalue weighted by Gasteiger charge is 2.48. The molecule has 0 aliphatic carbocycles. The lowest BCUT2D eigenvalue weighted by molar-refractivity contribution is 0.00935. The lowest BCUT2D eigenvalue weighted by Gasteiger charge is -2.44. The van der Waals surface area contributed by atoms with Gasteiger partial charge >= 0.3 is 0 Å². The Morgan fingerprint density at radius 3 is 2.72 bits per heavy atom. The number of nitrogens with zero attached hydrogens (tertiary/aromatic N) is 3. The van der Waals surface area contributed by atoms with Gasteiger partial charge in [0.25, 0.3) is 0 Å². The van der Waals surface area contributed by atoms with E-state index in [0.29, 0.717) is 18.9 Å². The molecular formula is C19H29N3O3. The van der Waals surface area contributed by atoms with Crippen molar-refractivity contribution in [3.63, 3.8) is 0 Å². The van der Waals surface area contributed by atoms with Crippen molar-refractivity contribution in [3.8, 4) is 0 Å². The standard InChI is InChI=1S/C19H29N3O3/c1-16(2)25-14-12-21-8-10-22(11-9-21)19(6-13-24-15-19)18(23)17-5-3-4-7-20-17/h3-5,7,16H,6,8-15H2,1-2H3. The minimum atomic E-state index is -0.547. The molecule has 1 aromatic rings. The Morgan fingerprint density at radius 2 is 2.12 bits per heavy atom. The molecule has 3 heterocycles. The third kappa shape index (κ3) is 4.26. The van der Waals surface area contributed by atoms with Crippen molar-refractivity contribution in [2.24, 2.45) is 0 Å². The largest absolute Gasteiger partial charge is 0.379 e. The van der Waals surface area contributed by atoms with Gasteiger partial charge in [0.05, 0.1) is 19.3 Å². The average Bonchev–Trinajstić information content (AvgIpc) is 3.13. The molecule has 0 N–H and O–H groups in total. The van der Waals surface area contributed by atoms with Crippen molar-refractivity contribution in [2.45, 2.75) is 31.9 Å². The van der Waals surface area contributed by atoms with E-state index in [0.717, 1.165) is 45.8 Å². The second kappa shape index (κ2) is 8.36. The monoisotopic (exact) mass is 347 g/mol. The number of Topliss-reactive ketones (excluding diaryl/α,β-unsaturated/α-hetero) is 1. The van der Waals surface area contributed by atoms with Gasteiger partial charge in [0.15, 0.2) is 0 Å². The number of carbonyl (C=O) groups excluding carboxylic acids is 1. The minimum Gasteiger partial charge on any atom is -0.379 e. The molecule has 25 heavy (non-hydrogen) atoms. The third-order valence-corrected chi connectivity index (χ3v) is 5.16. The van der Waals surface area contributed by atoms with Crippen molar-refractivity contribution in [1.82, 2.24) is 14.8 Å². The van der Waals surface area contributed by atoms with E-state index in [1.807, 2.05) is 18.2 Å². The van der Waals surface area contributed by atoms with Gasteiger partial charge in [-0.05, 0) is 32.4 Å². The number of ketones is 1. The number of hydrogen-bond acceptors (Lipinski definition) is 6. The maximum absolute atomic E-state index is 13.2. The Kier molecular flexibility index (Phi) is 6.17. The summed E-state index contributed by atoms with van der Waals surface area (Å²) in [6.07, 6.45) is 2.71. The molecule has 0 bridgehead atoms. The molecule has 2 saturated heterocycles. The number of rotatable bonds is 7. The maximum Gasteiger partial charge on any atom is 0.203 e. The number of carbonyl (C=O) groups is 1. The third-order valence-electron chi connectivity index (χ3n) is 5.16. The topological polar surface area (TPSA) is 54.9 Å². The van der Waals surface area contributed by atoms with E-state index < -0.39 is 5.54 Å². The van der Waals surface area contributed by atoms with Crippen molar-refractivity contribution in [2.75, 3.05) is 52.5 Å². The van der Waals surface area contributed by atoms with Crippen LogP contribution in [0.3, 0.4) is 0 Å². The van der Waals surface area contributed by atoms with Crippen molar-refractivity contribution < 1.29 is 14.3 Å². The zero-order chi connectivity index (χ0) is 17.7. The van der Waals surface area contributed by atoms with Gasteiger partial charge in [-0.3, -0.25) is 19.6 Å². The summed E-state index contributed by atoms with van der Waals surface area (Å²) >= 11 is 0. The summed E-state index contributed by atoms with van der Waals surface area (Å²) < 4.78 is 11.3. The first-order valence-electron chi connectivity index (χ1n) is 9.24. The summed E-state index contributed by atoms with van der Waals surface area (Å²) in [6.45, 7) is 10.6. The van der Waals surface area contributed by atoms with E-state index in [9.17, 15) is 4.79 Å². The summed E-state index contributed by atoms with van der Waals surface area (Å²) in [4.78, 5) is 22.2. The maximum atomic E-state index is 13.2. The molecule has 1 aromatic heterocycles. The molecule has 2 aliphatic rings. The Hall–Kier alpha value is -1.34. The van der Waals surface area contributed by atoms with Gasteiger partial charge in [0.1, 0.15) is 11.2 Å². The zero-order valence-corrected chi connectivity index (χ0v) is 15.3. The average molecular weight is 347 g/mol. The second-order valence-electron chi connectivity index (χ2n) is 7.13. The quantitative estimate of drug-likeness (QED) is 0.696. The highest BCUT2D eigenvalue weighted by molar-refractivity contribution is 6.02. The van der Waals surface area contributed by atoms with Crippen LogP contribution in [0, 0.1) is 0 Å². The first-order valence-corrected chi connectivity index (χ1v) is 9.24. The van der Waals surface area contributed by atoms with E-state index in [1.165, 1.54) is 0 Å². The van der Waals surface area contributed by atoms with Gasteiger partial charge < -0.3 is 9.47 Å². The number of hydrogen-bond donors (Lipinski definition) is 0. The molecule has 0 spiro atoms. The van der Waals surface area contributed by atoms with E-state index >= 15 is 0 Å². The predicted octanol–water partition coefficient (Wildman–Crippen LogP) is 1.47. The smallest absolute Gasteiger partial charge is 0.203 e. The molecule has 1 atom stereocenters. The van der Waals surface area contributed by atoms with Crippen molar-refractivity contribution in [3.05, 3.63) is 30.1 Å². The summed E-state index contributed by atoms with van der Waals surface area (Å²) in [5, 5.41) is 0. The Balaban J connectivity index is 1.62. The van der Waals surface area contributed by atoms with E-state index in [-0.39, 0.29) is 11.9 Å². The van der Waals surface area contributed by atoms with E-state index in [2.05, 4.69) is 28.6 Å². The summed E-state index contributed by atoms with van der Waals surface area (Å²) in [7, 11) is 0. The van der Waals surface area contributed by atoms with Gasteiger partial charge in [-0.2, -0.15) is 0 Å². The number of aromatic nitrogens is 1. The molecule has 0 aromatic carbocycles. The van der Waals surface area contributed by atoms with E-state index in [4.69, 9.17) is 9.47 Å². The fraction of sp³-hybridized carbons (Fsp3) is 0.684. The fourth-order valence-corrected chi connectivity index (χ4v) is 3.68. The van der Waals surface area contributed by atoms with Crippen LogP contribution < -0.4 is 0 Å². The Bertz CT molecular complexity index is 550. The molecule has 2 fully saturated rings. The molecule has 0 saturated carbocycles.